The molecule has 0 aliphatic carbocycles. The number of hydrogen-bond acceptors (Lipinski definition) is 3. The van der Waals surface area contributed by atoms with E-state index in [2.05, 4.69) is 22.0 Å². The molecule has 0 radical (unpaired) electrons. The Balaban J connectivity index is 0.00000110. The van der Waals surface area contributed by atoms with Crippen molar-refractivity contribution in [1.29, 1.82) is 0 Å². The molecule has 1 amide bonds. The minimum absolute atomic E-state index is 0. The number of rotatable bonds is 2. The molecule has 3 atom stereocenters. The van der Waals surface area contributed by atoms with Crippen molar-refractivity contribution >= 4 is 30.7 Å². The lowest BCUT2D eigenvalue weighted by atomic mass is 10.0. The Morgan fingerprint density at radius 3 is 2.05 bits per heavy atom. The third-order valence-corrected chi connectivity index (χ3v) is 5.25. The van der Waals surface area contributed by atoms with Crippen LogP contribution in [0.15, 0.2) is 0 Å². The van der Waals surface area contributed by atoms with Crippen LogP contribution >= 0.6 is 24.8 Å². The Bertz CT molecular complexity index is 323. The number of carbonyl (C=O) groups is 1. The number of amides is 1. The van der Waals surface area contributed by atoms with Crippen LogP contribution in [0.4, 0.5) is 0 Å². The van der Waals surface area contributed by atoms with Crippen LogP contribution in [0.2, 0.25) is 0 Å². The molecular weight excluding hydrogens is 309 g/mol. The normalized spacial score (nSPS) is 30.8. The van der Waals surface area contributed by atoms with Gasteiger partial charge in [-0.2, -0.15) is 0 Å². The Morgan fingerprint density at radius 1 is 1.00 bits per heavy atom. The van der Waals surface area contributed by atoms with Gasteiger partial charge in [-0.25, -0.2) is 0 Å². The van der Waals surface area contributed by atoms with Crippen molar-refractivity contribution in [2.45, 2.75) is 38.6 Å². The largest absolute Gasteiger partial charge is 0.341 e. The molecule has 6 heteroatoms. The van der Waals surface area contributed by atoms with E-state index < -0.39 is 0 Å². The second kappa shape index (κ2) is 8.56. The third kappa shape index (κ3) is 4.25. The SMILES string of the molecule is CC(C(=O)N1C[C@H]2CNC[C@H]2C1)N1CCCCCC1.Cl.Cl. The molecule has 0 spiro atoms. The predicted octanol–water partition coefficient (Wildman–Crippen LogP) is 1.77. The molecule has 3 saturated heterocycles. The van der Waals surface area contributed by atoms with Gasteiger partial charge < -0.3 is 10.2 Å². The highest BCUT2D eigenvalue weighted by Gasteiger charge is 2.39. The van der Waals surface area contributed by atoms with Gasteiger partial charge in [0.2, 0.25) is 5.91 Å². The highest BCUT2D eigenvalue weighted by atomic mass is 35.5. The lowest BCUT2D eigenvalue weighted by molar-refractivity contribution is -0.135. The maximum Gasteiger partial charge on any atom is 0.239 e. The molecular formula is C15H29Cl2N3O. The molecule has 3 fully saturated rings. The van der Waals surface area contributed by atoms with Gasteiger partial charge in [0.15, 0.2) is 0 Å². The Morgan fingerprint density at radius 2 is 1.52 bits per heavy atom. The fraction of sp³-hybridized carbons (Fsp3) is 0.933. The summed E-state index contributed by atoms with van der Waals surface area (Å²) in [4.78, 5) is 17.2. The van der Waals surface area contributed by atoms with E-state index in [-0.39, 0.29) is 30.9 Å². The maximum absolute atomic E-state index is 12.7. The first-order valence-electron chi connectivity index (χ1n) is 7.99. The van der Waals surface area contributed by atoms with Crippen LogP contribution in [0, 0.1) is 11.8 Å². The summed E-state index contributed by atoms with van der Waals surface area (Å²) in [6, 6.07) is 0.0879. The van der Waals surface area contributed by atoms with Crippen molar-refractivity contribution in [3.63, 3.8) is 0 Å². The van der Waals surface area contributed by atoms with Crippen molar-refractivity contribution in [3.05, 3.63) is 0 Å². The van der Waals surface area contributed by atoms with Gasteiger partial charge in [0.1, 0.15) is 0 Å². The van der Waals surface area contributed by atoms with Gasteiger partial charge >= 0.3 is 0 Å². The van der Waals surface area contributed by atoms with Crippen LogP contribution in [0.5, 0.6) is 0 Å². The Kier molecular flexibility index (Phi) is 7.75. The van der Waals surface area contributed by atoms with Gasteiger partial charge in [-0.15, -0.1) is 24.8 Å². The zero-order valence-corrected chi connectivity index (χ0v) is 14.6. The average Bonchev–Trinajstić information content (AvgIpc) is 2.89. The molecule has 21 heavy (non-hydrogen) atoms. The van der Waals surface area contributed by atoms with Gasteiger partial charge in [-0.3, -0.25) is 9.69 Å². The molecule has 0 aromatic rings. The molecule has 3 rings (SSSR count). The summed E-state index contributed by atoms with van der Waals surface area (Å²) in [5.74, 6) is 1.79. The molecule has 4 nitrogen and oxygen atoms in total. The van der Waals surface area contributed by atoms with Gasteiger partial charge in [0.25, 0.3) is 0 Å². The number of likely N-dealkylation sites (tertiary alicyclic amines) is 2. The zero-order chi connectivity index (χ0) is 13.2. The van der Waals surface area contributed by atoms with Crippen LogP contribution < -0.4 is 5.32 Å². The third-order valence-electron chi connectivity index (χ3n) is 5.25. The highest BCUT2D eigenvalue weighted by molar-refractivity contribution is 5.85. The Labute approximate surface area is 140 Å². The molecule has 3 aliphatic rings. The van der Waals surface area contributed by atoms with Crippen LogP contribution in [0.3, 0.4) is 0 Å². The summed E-state index contributed by atoms with van der Waals surface area (Å²) in [5, 5.41) is 3.44. The lowest BCUT2D eigenvalue weighted by Gasteiger charge is -2.30. The van der Waals surface area contributed by atoms with Crippen LogP contribution in [0.25, 0.3) is 0 Å². The molecule has 0 aromatic carbocycles. The molecule has 3 aliphatic heterocycles. The number of halogens is 2. The molecule has 124 valence electrons. The number of nitrogens with one attached hydrogen (secondary N) is 1. The summed E-state index contributed by atoms with van der Waals surface area (Å²) in [5.41, 5.74) is 0. The zero-order valence-electron chi connectivity index (χ0n) is 12.9. The smallest absolute Gasteiger partial charge is 0.239 e. The first-order chi connectivity index (χ1) is 9.25. The minimum Gasteiger partial charge on any atom is -0.341 e. The fourth-order valence-corrected chi connectivity index (χ4v) is 3.94. The van der Waals surface area contributed by atoms with E-state index >= 15 is 0 Å². The topological polar surface area (TPSA) is 35.6 Å². The highest BCUT2D eigenvalue weighted by Crippen LogP contribution is 2.27. The van der Waals surface area contributed by atoms with Gasteiger partial charge in [-0.05, 0) is 44.7 Å². The summed E-state index contributed by atoms with van der Waals surface area (Å²) >= 11 is 0. The number of hydrogen-bond donors (Lipinski definition) is 1. The second-order valence-electron chi connectivity index (χ2n) is 6.55. The molecule has 0 bridgehead atoms. The minimum atomic E-state index is 0. The number of nitrogens with zero attached hydrogens (tertiary/aromatic N) is 2. The number of fused-ring (bicyclic) bond motifs is 1. The molecule has 0 aromatic heterocycles. The van der Waals surface area contributed by atoms with E-state index in [1.54, 1.807) is 0 Å². The molecule has 0 saturated carbocycles. The standard InChI is InChI=1S/C15H27N3O.2ClH/c1-12(17-6-4-2-3-5-7-17)15(19)18-10-13-8-16-9-14(13)11-18;;/h12-14,16H,2-11H2,1H3;2*1H/t12?,13-,14+;;. The van der Waals surface area contributed by atoms with Crippen molar-refractivity contribution < 1.29 is 4.79 Å². The predicted molar refractivity (Wildman–Crippen MR) is 90.4 cm³/mol. The van der Waals surface area contributed by atoms with Crippen LogP contribution in [-0.2, 0) is 4.79 Å². The van der Waals surface area contributed by atoms with Crippen molar-refractivity contribution in [3.8, 4) is 0 Å². The monoisotopic (exact) mass is 337 g/mol. The molecule has 1 N–H and O–H groups in total. The van der Waals surface area contributed by atoms with Gasteiger partial charge in [-0.1, -0.05) is 12.8 Å². The van der Waals surface area contributed by atoms with E-state index in [0.29, 0.717) is 17.7 Å². The first kappa shape index (κ1) is 19.0. The van der Waals surface area contributed by atoms with E-state index in [4.69, 9.17) is 0 Å². The van der Waals surface area contributed by atoms with Crippen LogP contribution in [-0.4, -0.2) is 61.0 Å². The number of carbonyl (C=O) groups excluding carboxylic acids is 1. The van der Waals surface area contributed by atoms with E-state index in [0.717, 1.165) is 39.3 Å². The van der Waals surface area contributed by atoms with E-state index in [1.807, 2.05) is 0 Å². The molecule has 1 unspecified atom stereocenters. The molecule has 3 heterocycles. The van der Waals surface area contributed by atoms with Crippen molar-refractivity contribution in [2.75, 3.05) is 39.3 Å². The van der Waals surface area contributed by atoms with Crippen LogP contribution in [0.1, 0.15) is 32.6 Å². The van der Waals surface area contributed by atoms with E-state index in [1.165, 1.54) is 25.7 Å². The summed E-state index contributed by atoms with van der Waals surface area (Å²) in [7, 11) is 0. The average molecular weight is 338 g/mol. The maximum atomic E-state index is 12.7. The van der Waals surface area contributed by atoms with Gasteiger partial charge in [0.05, 0.1) is 6.04 Å². The Hall–Kier alpha value is -0.0300. The first-order valence-corrected chi connectivity index (χ1v) is 7.99. The van der Waals surface area contributed by atoms with E-state index in [9.17, 15) is 4.79 Å². The van der Waals surface area contributed by atoms with Crippen molar-refractivity contribution in [2.24, 2.45) is 11.8 Å². The fourth-order valence-electron chi connectivity index (χ4n) is 3.94. The summed E-state index contributed by atoms with van der Waals surface area (Å²) in [6.45, 7) is 8.49. The van der Waals surface area contributed by atoms with Crippen molar-refractivity contribution in [1.82, 2.24) is 15.1 Å². The lowest BCUT2D eigenvalue weighted by Crippen LogP contribution is -2.47. The summed E-state index contributed by atoms with van der Waals surface area (Å²) in [6.07, 6.45) is 5.17. The quantitative estimate of drug-likeness (QED) is 0.834. The summed E-state index contributed by atoms with van der Waals surface area (Å²) < 4.78 is 0. The van der Waals surface area contributed by atoms with Gasteiger partial charge in [0, 0.05) is 26.2 Å². The second-order valence-corrected chi connectivity index (χ2v) is 6.55.